The zero-order valence-electron chi connectivity index (χ0n) is 11.4. The lowest BCUT2D eigenvalue weighted by Crippen LogP contribution is -1.93. The standard InChI is InChI=1S/C11H10ClN5.C2H6/c1-7-3-14-17-6-9(15-11(12)10(7)17)8-4-13-16(2)5-8;1-2/h3-6H,1-2H3;1-2H3. The van der Waals surface area contributed by atoms with Gasteiger partial charge in [-0.05, 0) is 12.5 Å². The topological polar surface area (TPSA) is 48.0 Å². The average Bonchev–Trinajstić information content (AvgIpc) is 2.99. The molecule has 0 atom stereocenters. The highest BCUT2D eigenvalue weighted by Gasteiger charge is 2.10. The molecule has 0 unspecified atom stereocenters. The molecule has 0 bridgehead atoms. The smallest absolute Gasteiger partial charge is 0.155 e. The van der Waals surface area contributed by atoms with Crippen LogP contribution in [0.5, 0.6) is 0 Å². The molecule has 100 valence electrons. The molecular formula is C13H16ClN5. The SMILES string of the molecule is CC.Cc1cnn2cc(-c3cnn(C)c3)nc(Cl)c12. The van der Waals surface area contributed by atoms with E-state index < -0.39 is 0 Å². The second-order valence-corrected chi connectivity index (χ2v) is 4.30. The summed E-state index contributed by atoms with van der Waals surface area (Å²) >= 11 is 6.17. The van der Waals surface area contributed by atoms with Gasteiger partial charge in [-0.2, -0.15) is 10.2 Å². The van der Waals surface area contributed by atoms with E-state index in [2.05, 4.69) is 15.2 Å². The average molecular weight is 278 g/mol. The third kappa shape index (κ3) is 2.46. The van der Waals surface area contributed by atoms with E-state index >= 15 is 0 Å². The van der Waals surface area contributed by atoms with Crippen molar-refractivity contribution in [1.82, 2.24) is 24.4 Å². The molecule has 0 saturated heterocycles. The highest BCUT2D eigenvalue weighted by molar-refractivity contribution is 6.32. The first-order valence-electron chi connectivity index (χ1n) is 6.14. The largest absolute Gasteiger partial charge is 0.275 e. The van der Waals surface area contributed by atoms with Crippen molar-refractivity contribution in [2.75, 3.05) is 0 Å². The summed E-state index contributed by atoms with van der Waals surface area (Å²) in [6.07, 6.45) is 7.27. The first-order valence-corrected chi connectivity index (χ1v) is 6.52. The van der Waals surface area contributed by atoms with Gasteiger partial charge in [0.1, 0.15) is 5.52 Å². The third-order valence-electron chi connectivity index (χ3n) is 2.64. The number of hydrogen-bond donors (Lipinski definition) is 0. The van der Waals surface area contributed by atoms with Crippen LogP contribution in [0.4, 0.5) is 0 Å². The van der Waals surface area contributed by atoms with Gasteiger partial charge in [0.05, 0.1) is 24.3 Å². The molecule has 0 aliphatic rings. The molecule has 3 heterocycles. The molecule has 0 amide bonds. The van der Waals surface area contributed by atoms with Gasteiger partial charge in [-0.15, -0.1) is 0 Å². The van der Waals surface area contributed by atoms with Gasteiger partial charge in [0.15, 0.2) is 5.15 Å². The number of fused-ring (bicyclic) bond motifs is 1. The Balaban J connectivity index is 0.000000637. The number of aromatic nitrogens is 5. The van der Waals surface area contributed by atoms with Crippen molar-refractivity contribution in [1.29, 1.82) is 0 Å². The number of hydrogen-bond acceptors (Lipinski definition) is 3. The highest BCUT2D eigenvalue weighted by atomic mass is 35.5. The minimum Gasteiger partial charge on any atom is -0.275 e. The molecule has 0 radical (unpaired) electrons. The zero-order chi connectivity index (χ0) is 14.0. The lowest BCUT2D eigenvalue weighted by atomic mass is 10.2. The summed E-state index contributed by atoms with van der Waals surface area (Å²) in [5, 5.41) is 8.81. The Kier molecular flexibility index (Phi) is 3.85. The molecule has 5 nitrogen and oxygen atoms in total. The summed E-state index contributed by atoms with van der Waals surface area (Å²) in [5.74, 6) is 0. The molecule has 0 saturated carbocycles. The first kappa shape index (κ1) is 13.5. The maximum absolute atomic E-state index is 6.17. The van der Waals surface area contributed by atoms with Crippen molar-refractivity contribution in [3.63, 3.8) is 0 Å². The molecule has 3 aromatic heterocycles. The van der Waals surface area contributed by atoms with Crippen LogP contribution in [-0.4, -0.2) is 24.4 Å². The van der Waals surface area contributed by atoms with Crippen LogP contribution in [-0.2, 0) is 7.05 Å². The fourth-order valence-corrected chi connectivity index (χ4v) is 2.13. The van der Waals surface area contributed by atoms with Crippen LogP contribution in [0.15, 0.2) is 24.8 Å². The van der Waals surface area contributed by atoms with E-state index in [1.807, 2.05) is 40.2 Å². The first-order chi connectivity index (χ1) is 9.15. The van der Waals surface area contributed by atoms with E-state index in [0.29, 0.717) is 5.15 Å². The summed E-state index contributed by atoms with van der Waals surface area (Å²) in [6.45, 7) is 5.96. The van der Waals surface area contributed by atoms with Gasteiger partial charge in [-0.1, -0.05) is 25.4 Å². The van der Waals surface area contributed by atoms with E-state index in [1.165, 1.54) is 0 Å². The van der Waals surface area contributed by atoms with Crippen molar-refractivity contribution in [3.8, 4) is 11.3 Å². The molecule has 0 aromatic carbocycles. The van der Waals surface area contributed by atoms with E-state index in [-0.39, 0.29) is 0 Å². The van der Waals surface area contributed by atoms with Gasteiger partial charge in [0.2, 0.25) is 0 Å². The Morgan fingerprint density at radius 3 is 2.47 bits per heavy atom. The Bertz CT molecular complexity index is 698. The minimum absolute atomic E-state index is 0.460. The molecule has 0 aliphatic heterocycles. The maximum Gasteiger partial charge on any atom is 0.155 e. The molecule has 0 N–H and O–H groups in total. The third-order valence-corrected chi connectivity index (χ3v) is 2.90. The van der Waals surface area contributed by atoms with E-state index in [1.54, 1.807) is 21.6 Å². The fraction of sp³-hybridized carbons (Fsp3) is 0.308. The second kappa shape index (κ2) is 5.40. The zero-order valence-corrected chi connectivity index (χ0v) is 12.2. The molecule has 6 heteroatoms. The molecular weight excluding hydrogens is 262 g/mol. The van der Waals surface area contributed by atoms with Crippen LogP contribution >= 0.6 is 11.6 Å². The van der Waals surface area contributed by atoms with Gasteiger partial charge in [0, 0.05) is 18.8 Å². The highest BCUT2D eigenvalue weighted by Crippen LogP contribution is 2.23. The normalized spacial score (nSPS) is 10.4. The molecule has 0 aliphatic carbocycles. The Morgan fingerprint density at radius 2 is 1.84 bits per heavy atom. The predicted molar refractivity (Wildman–Crippen MR) is 76.3 cm³/mol. The Hall–Kier alpha value is -1.88. The van der Waals surface area contributed by atoms with Crippen LogP contribution in [0.25, 0.3) is 16.8 Å². The number of aryl methyl sites for hydroxylation is 2. The van der Waals surface area contributed by atoms with E-state index in [0.717, 1.165) is 22.3 Å². The van der Waals surface area contributed by atoms with Crippen LogP contribution in [0.3, 0.4) is 0 Å². The summed E-state index contributed by atoms with van der Waals surface area (Å²) in [7, 11) is 1.86. The van der Waals surface area contributed by atoms with Crippen LogP contribution in [0, 0.1) is 6.92 Å². The van der Waals surface area contributed by atoms with Crippen molar-refractivity contribution >= 4 is 17.1 Å². The van der Waals surface area contributed by atoms with Crippen molar-refractivity contribution in [2.24, 2.45) is 7.05 Å². The molecule has 0 fully saturated rings. The van der Waals surface area contributed by atoms with Crippen molar-refractivity contribution in [2.45, 2.75) is 20.8 Å². The monoisotopic (exact) mass is 277 g/mol. The maximum atomic E-state index is 6.17. The Morgan fingerprint density at radius 1 is 1.11 bits per heavy atom. The van der Waals surface area contributed by atoms with Gasteiger partial charge < -0.3 is 0 Å². The van der Waals surface area contributed by atoms with Crippen LogP contribution in [0.1, 0.15) is 19.4 Å². The van der Waals surface area contributed by atoms with Gasteiger partial charge >= 0.3 is 0 Å². The number of nitrogens with zero attached hydrogens (tertiary/aromatic N) is 5. The molecule has 3 rings (SSSR count). The van der Waals surface area contributed by atoms with E-state index in [9.17, 15) is 0 Å². The summed E-state index contributed by atoms with van der Waals surface area (Å²) < 4.78 is 3.47. The quantitative estimate of drug-likeness (QED) is 0.687. The minimum atomic E-state index is 0.460. The van der Waals surface area contributed by atoms with Gasteiger partial charge in [-0.25, -0.2) is 9.50 Å². The van der Waals surface area contributed by atoms with Gasteiger partial charge in [0.25, 0.3) is 0 Å². The number of rotatable bonds is 1. The van der Waals surface area contributed by atoms with Crippen molar-refractivity contribution < 1.29 is 0 Å². The molecule has 0 spiro atoms. The van der Waals surface area contributed by atoms with E-state index in [4.69, 9.17) is 11.6 Å². The second-order valence-electron chi connectivity index (χ2n) is 3.94. The predicted octanol–water partition coefficient (Wildman–Crippen LogP) is 3.12. The molecule has 19 heavy (non-hydrogen) atoms. The summed E-state index contributed by atoms with van der Waals surface area (Å²) in [4.78, 5) is 4.37. The van der Waals surface area contributed by atoms with Crippen molar-refractivity contribution in [3.05, 3.63) is 35.5 Å². The lowest BCUT2D eigenvalue weighted by molar-refractivity contribution is 0.768. The van der Waals surface area contributed by atoms with Crippen LogP contribution in [0.2, 0.25) is 5.15 Å². The van der Waals surface area contributed by atoms with Gasteiger partial charge in [-0.3, -0.25) is 4.68 Å². The fourth-order valence-electron chi connectivity index (χ4n) is 1.80. The number of halogens is 1. The summed E-state index contributed by atoms with van der Waals surface area (Å²) in [5.41, 5.74) is 3.54. The lowest BCUT2D eigenvalue weighted by Gasteiger charge is -2.01. The summed E-state index contributed by atoms with van der Waals surface area (Å²) in [6, 6.07) is 0. The van der Waals surface area contributed by atoms with Crippen LogP contribution < -0.4 is 0 Å². The molecule has 3 aromatic rings. The Labute approximate surface area is 116 Å².